The first-order valence-electron chi connectivity index (χ1n) is 21.8. The van der Waals surface area contributed by atoms with E-state index in [9.17, 15) is 4.79 Å². The van der Waals surface area contributed by atoms with Crippen LogP contribution in [0.5, 0.6) is 17.2 Å². The van der Waals surface area contributed by atoms with Crippen LogP contribution in [0.3, 0.4) is 0 Å². The van der Waals surface area contributed by atoms with Gasteiger partial charge in [-0.2, -0.15) is 0 Å². The fourth-order valence-electron chi connectivity index (χ4n) is 9.44. The van der Waals surface area contributed by atoms with Gasteiger partial charge in [-0.1, -0.05) is 126 Å². The molecule has 302 valence electrons. The maximum atomic E-state index is 13.6. The zero-order valence-corrected chi connectivity index (χ0v) is 35.3. The van der Waals surface area contributed by atoms with E-state index in [0.717, 1.165) is 102 Å². The van der Waals surface area contributed by atoms with Crippen LogP contribution < -0.4 is 19.5 Å². The fourth-order valence-corrected chi connectivity index (χ4v) is 9.44. The van der Waals surface area contributed by atoms with E-state index in [-0.39, 0.29) is 11.3 Å². The number of rotatable bonds is 16. The number of benzene rings is 6. The Morgan fingerprint density at radius 1 is 0.678 bits per heavy atom. The van der Waals surface area contributed by atoms with Crippen LogP contribution in [0.25, 0.3) is 28.0 Å². The van der Waals surface area contributed by atoms with Crippen LogP contribution in [0, 0.1) is 6.92 Å². The number of anilines is 1. The number of carbonyl (C=O) groups excluding carboxylic acids is 1. The van der Waals surface area contributed by atoms with Crippen molar-refractivity contribution in [2.24, 2.45) is 0 Å². The maximum Gasteiger partial charge on any atom is 0.255 e. The van der Waals surface area contributed by atoms with E-state index in [1.165, 1.54) is 27.8 Å². The number of ether oxygens (including phenoxy) is 3. The molecule has 5 heteroatoms. The highest BCUT2D eigenvalue weighted by molar-refractivity contribution is 6.11. The third-order valence-corrected chi connectivity index (χ3v) is 12.2. The van der Waals surface area contributed by atoms with E-state index >= 15 is 0 Å². The zero-order chi connectivity index (χ0) is 41.0. The van der Waals surface area contributed by atoms with Gasteiger partial charge in [0.15, 0.2) is 5.60 Å². The molecule has 1 heterocycles. The minimum Gasteiger partial charge on any atom is -0.494 e. The van der Waals surface area contributed by atoms with Crippen LogP contribution in [0.4, 0.5) is 5.69 Å². The Hall–Kier alpha value is -5.81. The van der Waals surface area contributed by atoms with Gasteiger partial charge in [0.2, 0.25) is 0 Å². The van der Waals surface area contributed by atoms with Gasteiger partial charge in [0.1, 0.15) is 17.2 Å². The largest absolute Gasteiger partial charge is 0.494 e. The van der Waals surface area contributed by atoms with Crippen LogP contribution in [0.2, 0.25) is 0 Å². The Kier molecular flexibility index (Phi) is 11.7. The third kappa shape index (κ3) is 7.41. The lowest BCUT2D eigenvalue weighted by molar-refractivity contribution is 0.102. The molecule has 0 fully saturated rings. The molecule has 1 aliphatic heterocycles. The van der Waals surface area contributed by atoms with Gasteiger partial charge < -0.3 is 19.5 Å². The minimum atomic E-state index is -0.946. The summed E-state index contributed by atoms with van der Waals surface area (Å²) in [6.07, 6.45) is 12.9. The minimum absolute atomic E-state index is 0.135. The van der Waals surface area contributed by atoms with E-state index in [1.807, 2.05) is 36.4 Å². The van der Waals surface area contributed by atoms with Gasteiger partial charge in [0, 0.05) is 38.7 Å². The van der Waals surface area contributed by atoms with Crippen molar-refractivity contribution in [1.82, 2.24) is 0 Å². The summed E-state index contributed by atoms with van der Waals surface area (Å²) in [5, 5.41) is 5.31. The maximum absolute atomic E-state index is 13.6. The molecule has 6 aromatic rings. The molecule has 6 aromatic carbocycles. The van der Waals surface area contributed by atoms with Crippen molar-refractivity contribution in [2.75, 3.05) is 18.5 Å². The predicted molar refractivity (Wildman–Crippen MR) is 243 cm³/mol. The van der Waals surface area contributed by atoms with Gasteiger partial charge in [0.25, 0.3) is 5.91 Å². The zero-order valence-electron chi connectivity index (χ0n) is 35.3. The number of fused-ring (bicyclic) bond motifs is 8. The third-order valence-electron chi connectivity index (χ3n) is 12.2. The normalized spacial score (nSPS) is 14.3. The Bertz CT molecular complexity index is 2410. The summed E-state index contributed by atoms with van der Waals surface area (Å²) in [4.78, 5) is 13.6. The predicted octanol–water partition coefficient (Wildman–Crippen LogP) is 14.0. The van der Waals surface area contributed by atoms with Gasteiger partial charge in [0.05, 0.1) is 13.2 Å². The Morgan fingerprint density at radius 2 is 1.31 bits per heavy atom. The number of hydrogen-bond donors (Lipinski definition) is 1. The summed E-state index contributed by atoms with van der Waals surface area (Å²) in [6, 6.07) is 39.6. The first-order valence-corrected chi connectivity index (χ1v) is 21.8. The molecule has 1 aliphatic carbocycles. The summed E-state index contributed by atoms with van der Waals surface area (Å²) < 4.78 is 20.0. The average Bonchev–Trinajstić information content (AvgIpc) is 3.53. The molecular formula is C54H57NO4. The second-order valence-corrected chi connectivity index (χ2v) is 16.3. The second kappa shape index (κ2) is 17.2. The molecule has 5 nitrogen and oxygen atoms in total. The molecular weight excluding hydrogens is 727 g/mol. The molecule has 0 unspecified atom stereocenters. The molecule has 1 N–H and O–H groups in total. The van der Waals surface area contributed by atoms with Crippen LogP contribution in [0.15, 0.2) is 121 Å². The first-order chi connectivity index (χ1) is 28.9. The molecule has 0 spiro atoms. The fraction of sp³-hybridized carbons (Fsp3) is 0.315. The monoisotopic (exact) mass is 783 g/mol. The SMILES string of the molecule is CCCCOc1ccc(C2(c3ccc(OCCCC)cc3)C=Cc3c4c(c5cc(NC(=O)c6ccccc6)ccc5c3O2)-c2ccc(C)cc2C4(CCC)CCC)cc1. The highest BCUT2D eigenvalue weighted by atomic mass is 16.5. The summed E-state index contributed by atoms with van der Waals surface area (Å²) in [5.74, 6) is 2.42. The number of amides is 1. The van der Waals surface area contributed by atoms with Gasteiger partial charge in [-0.15, -0.1) is 0 Å². The molecule has 0 saturated heterocycles. The molecule has 8 rings (SSSR count). The Balaban J connectivity index is 1.35. The van der Waals surface area contributed by atoms with Gasteiger partial charge in [-0.3, -0.25) is 4.79 Å². The second-order valence-electron chi connectivity index (χ2n) is 16.3. The van der Waals surface area contributed by atoms with Crippen molar-refractivity contribution >= 4 is 28.4 Å². The summed E-state index contributed by atoms with van der Waals surface area (Å²) in [5.41, 5.74) is 9.88. The molecule has 0 aromatic heterocycles. The molecule has 0 saturated carbocycles. The smallest absolute Gasteiger partial charge is 0.255 e. The van der Waals surface area contributed by atoms with E-state index in [0.29, 0.717) is 18.8 Å². The van der Waals surface area contributed by atoms with Crippen LogP contribution in [0.1, 0.15) is 123 Å². The van der Waals surface area contributed by atoms with Crippen molar-refractivity contribution in [3.05, 3.63) is 160 Å². The first kappa shape index (κ1) is 40.0. The summed E-state index contributed by atoms with van der Waals surface area (Å²) in [7, 11) is 0. The van der Waals surface area contributed by atoms with Gasteiger partial charge >= 0.3 is 0 Å². The number of aryl methyl sites for hydroxylation is 1. The highest BCUT2D eigenvalue weighted by Crippen LogP contribution is 2.61. The number of carbonyl (C=O) groups is 1. The molecule has 0 bridgehead atoms. The lowest BCUT2D eigenvalue weighted by Gasteiger charge is -2.40. The van der Waals surface area contributed by atoms with Crippen molar-refractivity contribution in [2.45, 2.75) is 97.0 Å². The van der Waals surface area contributed by atoms with Crippen LogP contribution >= 0.6 is 0 Å². The van der Waals surface area contributed by atoms with Crippen molar-refractivity contribution in [3.63, 3.8) is 0 Å². The number of unbranched alkanes of at least 4 members (excludes halogenated alkanes) is 2. The Morgan fingerprint density at radius 3 is 1.90 bits per heavy atom. The molecule has 2 aliphatic rings. The van der Waals surface area contributed by atoms with E-state index < -0.39 is 5.60 Å². The van der Waals surface area contributed by atoms with E-state index in [2.05, 4.69) is 131 Å². The van der Waals surface area contributed by atoms with Gasteiger partial charge in [-0.05, 0) is 121 Å². The lowest BCUT2D eigenvalue weighted by atomic mass is 9.69. The molecule has 0 atom stereocenters. The van der Waals surface area contributed by atoms with E-state index in [4.69, 9.17) is 14.2 Å². The highest BCUT2D eigenvalue weighted by Gasteiger charge is 2.47. The summed E-state index contributed by atoms with van der Waals surface area (Å²) in [6.45, 7) is 12.5. The standard InChI is InChI=1S/C54H57NO4/c1-6-10-33-57-42-23-18-39(19-24-42)54(40-20-25-43(26-21-40)58-34-11-7-2)32-29-46-50-49(45-27-17-37(5)35-48(45)53(50,30-8-3)31-9-4)47-36-41(22-28-44(47)51(46)59-54)55-52(56)38-15-13-12-14-16-38/h12-29,32,35-36H,6-11,30-31,33-34H2,1-5H3,(H,55,56). The molecule has 59 heavy (non-hydrogen) atoms. The quantitative estimate of drug-likeness (QED) is 0.0993. The number of hydrogen-bond acceptors (Lipinski definition) is 4. The van der Waals surface area contributed by atoms with E-state index in [1.54, 1.807) is 0 Å². The topological polar surface area (TPSA) is 56.8 Å². The van der Waals surface area contributed by atoms with Crippen LogP contribution in [-0.4, -0.2) is 19.1 Å². The van der Waals surface area contributed by atoms with Crippen molar-refractivity contribution in [1.29, 1.82) is 0 Å². The van der Waals surface area contributed by atoms with Crippen molar-refractivity contribution in [3.8, 4) is 28.4 Å². The number of nitrogens with one attached hydrogen (secondary N) is 1. The molecule has 0 radical (unpaired) electrons. The Labute approximate surface area is 350 Å². The van der Waals surface area contributed by atoms with Crippen LogP contribution in [-0.2, 0) is 11.0 Å². The summed E-state index contributed by atoms with van der Waals surface area (Å²) >= 11 is 0. The lowest BCUT2D eigenvalue weighted by Crippen LogP contribution is -2.35. The average molecular weight is 784 g/mol. The molecule has 1 amide bonds. The van der Waals surface area contributed by atoms with Gasteiger partial charge in [-0.25, -0.2) is 0 Å². The van der Waals surface area contributed by atoms with Crippen molar-refractivity contribution < 1.29 is 19.0 Å².